The lowest BCUT2D eigenvalue weighted by atomic mass is 10.1. The molecule has 0 aromatic carbocycles. The average Bonchev–Trinajstić information content (AvgIpc) is 2.10. The maximum Gasteiger partial charge on any atom is 0.399 e. The second-order valence-corrected chi connectivity index (χ2v) is 4.94. The quantitative estimate of drug-likeness (QED) is 0.790. The van der Waals surface area contributed by atoms with Gasteiger partial charge < -0.3 is 10.5 Å². The van der Waals surface area contributed by atoms with E-state index >= 15 is 0 Å². The highest BCUT2D eigenvalue weighted by molar-refractivity contribution is 7.80. The predicted molar refractivity (Wildman–Crippen MR) is 62.8 cm³/mol. The van der Waals surface area contributed by atoms with Gasteiger partial charge in [0.25, 0.3) is 0 Å². The summed E-state index contributed by atoms with van der Waals surface area (Å²) in [5, 5.41) is 0. The zero-order valence-electron chi connectivity index (χ0n) is 9.83. The van der Waals surface area contributed by atoms with Crippen LogP contribution in [0.4, 0.5) is 13.2 Å². The van der Waals surface area contributed by atoms with Gasteiger partial charge in [0.05, 0.1) is 17.2 Å². The van der Waals surface area contributed by atoms with Crippen molar-refractivity contribution in [2.45, 2.75) is 32.2 Å². The van der Waals surface area contributed by atoms with Gasteiger partial charge in [-0.15, -0.1) is 0 Å². The van der Waals surface area contributed by atoms with E-state index < -0.39 is 17.1 Å². The van der Waals surface area contributed by atoms with E-state index in [4.69, 9.17) is 10.5 Å². The van der Waals surface area contributed by atoms with Gasteiger partial charge in [-0.05, 0) is 13.8 Å². The third-order valence-electron chi connectivity index (χ3n) is 2.67. The van der Waals surface area contributed by atoms with Crippen LogP contribution in [0.2, 0.25) is 0 Å². The molecular weight excluding hydrogens is 253 g/mol. The maximum atomic E-state index is 12.7. The minimum absolute atomic E-state index is 0.0704. The molecular formula is C10H17F3N2OS. The normalized spacial score (nSPS) is 29.0. The van der Waals surface area contributed by atoms with Crippen molar-refractivity contribution in [3.63, 3.8) is 0 Å². The van der Waals surface area contributed by atoms with Gasteiger partial charge in [-0.2, -0.15) is 13.2 Å². The van der Waals surface area contributed by atoms with Gasteiger partial charge in [-0.3, -0.25) is 4.90 Å². The molecule has 0 aromatic heterocycles. The van der Waals surface area contributed by atoms with Crippen molar-refractivity contribution in [1.29, 1.82) is 0 Å². The van der Waals surface area contributed by atoms with Crippen LogP contribution in [-0.4, -0.2) is 47.9 Å². The average molecular weight is 270 g/mol. The highest BCUT2D eigenvalue weighted by Gasteiger charge is 2.43. The van der Waals surface area contributed by atoms with E-state index in [0.29, 0.717) is 13.1 Å². The summed E-state index contributed by atoms with van der Waals surface area (Å²) in [5.74, 6) is -1.74. The zero-order chi connectivity index (χ0) is 13.2. The zero-order valence-corrected chi connectivity index (χ0v) is 10.6. The van der Waals surface area contributed by atoms with Gasteiger partial charge >= 0.3 is 6.18 Å². The molecule has 1 saturated heterocycles. The minimum atomic E-state index is -4.38. The molecule has 1 aliphatic rings. The number of alkyl halides is 3. The number of nitrogens with zero attached hydrogens (tertiary/aromatic N) is 1. The van der Waals surface area contributed by atoms with E-state index in [2.05, 4.69) is 12.2 Å². The predicted octanol–water partition coefficient (Wildman–Crippen LogP) is 1.56. The second kappa shape index (κ2) is 5.49. The van der Waals surface area contributed by atoms with Crippen LogP contribution in [0.25, 0.3) is 0 Å². The SMILES string of the molecule is CC1CN(CC(C(N)=S)C(F)(F)F)CC(C)O1. The first kappa shape index (κ1) is 14.7. The van der Waals surface area contributed by atoms with Crippen LogP contribution in [-0.2, 0) is 4.74 Å². The van der Waals surface area contributed by atoms with Gasteiger partial charge in [0.1, 0.15) is 5.92 Å². The molecule has 0 aliphatic carbocycles. The molecule has 0 bridgehead atoms. The fourth-order valence-corrected chi connectivity index (χ4v) is 2.25. The van der Waals surface area contributed by atoms with Gasteiger partial charge in [0.2, 0.25) is 0 Å². The Bertz CT molecular complexity index is 275. The number of rotatable bonds is 3. The Kier molecular flexibility index (Phi) is 4.74. The Morgan fingerprint density at radius 3 is 2.24 bits per heavy atom. The lowest BCUT2D eigenvalue weighted by Crippen LogP contribution is -2.51. The topological polar surface area (TPSA) is 38.5 Å². The van der Waals surface area contributed by atoms with Gasteiger partial charge in [-0.1, -0.05) is 12.2 Å². The molecule has 1 aliphatic heterocycles. The van der Waals surface area contributed by atoms with Crippen LogP contribution in [0.1, 0.15) is 13.8 Å². The largest absolute Gasteiger partial charge is 0.399 e. The molecule has 7 heteroatoms. The van der Waals surface area contributed by atoms with Crippen molar-refractivity contribution in [2.75, 3.05) is 19.6 Å². The Labute approximate surface area is 104 Å². The highest BCUT2D eigenvalue weighted by Crippen LogP contribution is 2.28. The molecule has 0 saturated carbocycles. The summed E-state index contributed by atoms with van der Waals surface area (Å²) in [6.45, 7) is 4.44. The first-order chi connectivity index (χ1) is 7.70. The first-order valence-electron chi connectivity index (χ1n) is 5.44. The molecule has 1 heterocycles. The number of ether oxygens (including phenoxy) is 1. The lowest BCUT2D eigenvalue weighted by Gasteiger charge is -2.37. The highest BCUT2D eigenvalue weighted by atomic mass is 32.1. The Morgan fingerprint density at radius 1 is 1.41 bits per heavy atom. The number of hydrogen-bond acceptors (Lipinski definition) is 3. The lowest BCUT2D eigenvalue weighted by molar-refractivity contribution is -0.165. The fraction of sp³-hybridized carbons (Fsp3) is 0.900. The van der Waals surface area contributed by atoms with E-state index in [1.807, 2.05) is 13.8 Å². The molecule has 2 N–H and O–H groups in total. The van der Waals surface area contributed by atoms with E-state index in [-0.39, 0.29) is 18.8 Å². The molecule has 3 unspecified atom stereocenters. The number of morpholine rings is 1. The third kappa shape index (κ3) is 4.40. The van der Waals surface area contributed by atoms with Crippen LogP contribution in [0.3, 0.4) is 0 Å². The Balaban J connectivity index is 2.64. The minimum Gasteiger partial charge on any atom is -0.393 e. The number of hydrogen-bond donors (Lipinski definition) is 1. The fourth-order valence-electron chi connectivity index (χ4n) is 2.05. The van der Waals surface area contributed by atoms with E-state index in [1.54, 1.807) is 4.90 Å². The van der Waals surface area contributed by atoms with Crippen molar-refractivity contribution in [3.05, 3.63) is 0 Å². The first-order valence-corrected chi connectivity index (χ1v) is 5.84. The summed E-state index contributed by atoms with van der Waals surface area (Å²) in [7, 11) is 0. The smallest absolute Gasteiger partial charge is 0.393 e. The van der Waals surface area contributed by atoms with Crippen LogP contribution >= 0.6 is 12.2 Å². The number of thiocarbonyl (C=S) groups is 1. The molecule has 0 spiro atoms. The van der Waals surface area contributed by atoms with Gasteiger partial charge in [0, 0.05) is 19.6 Å². The van der Waals surface area contributed by atoms with Crippen LogP contribution in [0.15, 0.2) is 0 Å². The van der Waals surface area contributed by atoms with Crippen LogP contribution in [0, 0.1) is 5.92 Å². The standard InChI is InChI=1S/C10H17F3N2OS/c1-6-3-15(4-7(2)16-6)5-8(9(14)17)10(11,12)13/h6-8H,3-5H2,1-2H3,(H2,14,17). The number of halogens is 3. The van der Waals surface area contributed by atoms with Crippen LogP contribution in [0.5, 0.6) is 0 Å². The Morgan fingerprint density at radius 2 is 1.88 bits per heavy atom. The molecule has 100 valence electrons. The monoisotopic (exact) mass is 270 g/mol. The van der Waals surface area contributed by atoms with Crippen molar-refractivity contribution < 1.29 is 17.9 Å². The molecule has 1 fully saturated rings. The van der Waals surface area contributed by atoms with E-state index in [0.717, 1.165) is 0 Å². The third-order valence-corrected chi connectivity index (χ3v) is 2.96. The van der Waals surface area contributed by atoms with Crippen molar-refractivity contribution in [1.82, 2.24) is 4.90 Å². The second-order valence-electron chi connectivity index (χ2n) is 4.47. The van der Waals surface area contributed by atoms with Gasteiger partial charge in [0.15, 0.2) is 0 Å². The molecule has 0 radical (unpaired) electrons. The van der Waals surface area contributed by atoms with Crippen molar-refractivity contribution in [2.24, 2.45) is 11.7 Å². The van der Waals surface area contributed by atoms with E-state index in [9.17, 15) is 13.2 Å². The summed E-state index contributed by atoms with van der Waals surface area (Å²) >= 11 is 4.49. The number of nitrogens with two attached hydrogens (primary N) is 1. The molecule has 3 atom stereocenters. The van der Waals surface area contributed by atoms with Crippen LogP contribution < -0.4 is 5.73 Å². The Hall–Kier alpha value is -0.400. The van der Waals surface area contributed by atoms with Crippen molar-refractivity contribution in [3.8, 4) is 0 Å². The summed E-state index contributed by atoms with van der Waals surface area (Å²) < 4.78 is 43.5. The molecule has 0 aromatic rings. The summed E-state index contributed by atoms with van der Waals surface area (Å²) in [6, 6.07) is 0. The van der Waals surface area contributed by atoms with Gasteiger partial charge in [-0.25, -0.2) is 0 Å². The summed E-state index contributed by atoms with van der Waals surface area (Å²) in [5.41, 5.74) is 5.16. The summed E-state index contributed by atoms with van der Waals surface area (Å²) in [4.78, 5) is 1.21. The van der Waals surface area contributed by atoms with Crippen molar-refractivity contribution >= 4 is 17.2 Å². The molecule has 1 rings (SSSR count). The maximum absolute atomic E-state index is 12.7. The van der Waals surface area contributed by atoms with E-state index in [1.165, 1.54) is 0 Å². The molecule has 17 heavy (non-hydrogen) atoms. The molecule has 0 amide bonds. The summed E-state index contributed by atoms with van der Waals surface area (Å²) in [6.07, 6.45) is -4.52. The molecule has 3 nitrogen and oxygen atoms in total.